The molecule has 0 aromatic heterocycles. The third kappa shape index (κ3) is 4.32. The average molecular weight is 273 g/mol. The maximum atomic E-state index is 11.9. The molecule has 0 aliphatic heterocycles. The van der Waals surface area contributed by atoms with Gasteiger partial charge in [-0.05, 0) is 18.2 Å². The quantitative estimate of drug-likeness (QED) is 0.822. The molecule has 0 aliphatic carbocycles. The highest BCUT2D eigenvalue weighted by molar-refractivity contribution is 6.32. The van der Waals surface area contributed by atoms with E-state index in [1.807, 2.05) is 0 Å². The molecule has 6 heteroatoms. The summed E-state index contributed by atoms with van der Waals surface area (Å²) in [6.45, 7) is -0.488. The number of hydrogen-bond donors (Lipinski definition) is 2. The van der Waals surface area contributed by atoms with Crippen molar-refractivity contribution >= 4 is 17.5 Å². The lowest BCUT2D eigenvalue weighted by Gasteiger charge is -2.05. The van der Waals surface area contributed by atoms with Gasteiger partial charge < -0.3 is 11.1 Å². The van der Waals surface area contributed by atoms with Gasteiger partial charge in [-0.1, -0.05) is 23.4 Å². The standard InChI is InChI=1S/C12H11ClF2N2O/c13-10-6-9(12(18)17-7-11(14)15)4-3-8(10)2-1-5-16/h3-4,6,11H,5,7,16H2,(H,17,18). The van der Waals surface area contributed by atoms with E-state index < -0.39 is 18.9 Å². The third-order valence-electron chi connectivity index (χ3n) is 1.97. The number of nitrogens with two attached hydrogens (primary N) is 1. The SMILES string of the molecule is NCC#Cc1ccc(C(=O)NCC(F)F)cc1Cl. The monoisotopic (exact) mass is 272 g/mol. The summed E-state index contributed by atoms with van der Waals surface area (Å²) >= 11 is 5.90. The highest BCUT2D eigenvalue weighted by Gasteiger charge is 2.10. The van der Waals surface area contributed by atoms with Crippen LogP contribution in [0.1, 0.15) is 15.9 Å². The Labute approximate surface area is 108 Å². The molecule has 1 rings (SSSR count). The van der Waals surface area contributed by atoms with Crippen LogP contribution in [0.2, 0.25) is 5.02 Å². The molecule has 0 atom stereocenters. The Balaban J connectivity index is 2.80. The summed E-state index contributed by atoms with van der Waals surface area (Å²) in [5, 5.41) is 2.36. The maximum absolute atomic E-state index is 11.9. The summed E-state index contributed by atoms with van der Waals surface area (Å²) < 4.78 is 23.8. The molecule has 0 unspecified atom stereocenters. The smallest absolute Gasteiger partial charge is 0.255 e. The number of hydrogen-bond acceptors (Lipinski definition) is 2. The topological polar surface area (TPSA) is 55.1 Å². The van der Waals surface area contributed by atoms with Crippen molar-refractivity contribution in [3.8, 4) is 11.8 Å². The lowest BCUT2D eigenvalue weighted by atomic mass is 10.1. The molecule has 0 spiro atoms. The Kier molecular flexibility index (Phi) is 5.56. The van der Waals surface area contributed by atoms with Crippen LogP contribution in [-0.4, -0.2) is 25.4 Å². The number of carbonyl (C=O) groups is 1. The maximum Gasteiger partial charge on any atom is 0.255 e. The lowest BCUT2D eigenvalue weighted by molar-refractivity contribution is 0.0891. The Morgan fingerprint density at radius 1 is 1.50 bits per heavy atom. The van der Waals surface area contributed by atoms with Crippen molar-refractivity contribution in [2.45, 2.75) is 6.43 Å². The van der Waals surface area contributed by atoms with Gasteiger partial charge in [0, 0.05) is 11.1 Å². The summed E-state index contributed by atoms with van der Waals surface area (Å²) in [5.41, 5.74) is 5.96. The van der Waals surface area contributed by atoms with E-state index in [0.29, 0.717) is 5.56 Å². The van der Waals surface area contributed by atoms with Gasteiger partial charge in [0.2, 0.25) is 0 Å². The van der Waals surface area contributed by atoms with Gasteiger partial charge in [0.25, 0.3) is 12.3 Å². The van der Waals surface area contributed by atoms with E-state index in [0.717, 1.165) is 0 Å². The Hall–Kier alpha value is -1.64. The van der Waals surface area contributed by atoms with Gasteiger partial charge in [-0.2, -0.15) is 0 Å². The minimum atomic E-state index is -2.58. The number of halogens is 3. The molecule has 0 aliphatic rings. The van der Waals surface area contributed by atoms with Crippen LogP contribution in [-0.2, 0) is 0 Å². The first-order chi connectivity index (χ1) is 8.54. The molecule has 1 amide bonds. The molecule has 0 heterocycles. The number of benzene rings is 1. The molecule has 0 bridgehead atoms. The van der Waals surface area contributed by atoms with Crippen LogP contribution >= 0.6 is 11.6 Å². The molecule has 0 saturated heterocycles. The van der Waals surface area contributed by atoms with Gasteiger partial charge in [0.1, 0.15) is 0 Å². The van der Waals surface area contributed by atoms with Crippen molar-refractivity contribution in [2.24, 2.45) is 5.73 Å². The first-order valence-electron chi connectivity index (χ1n) is 5.09. The largest absolute Gasteiger partial charge is 0.346 e. The van der Waals surface area contributed by atoms with Crippen molar-refractivity contribution in [2.75, 3.05) is 13.1 Å². The minimum absolute atomic E-state index is 0.201. The fourth-order valence-electron chi connectivity index (χ4n) is 1.18. The van der Waals surface area contributed by atoms with E-state index in [9.17, 15) is 13.6 Å². The minimum Gasteiger partial charge on any atom is -0.346 e. The molecule has 96 valence electrons. The van der Waals surface area contributed by atoms with Crippen LogP contribution in [0.5, 0.6) is 0 Å². The fourth-order valence-corrected chi connectivity index (χ4v) is 1.40. The second-order valence-corrected chi connectivity index (χ2v) is 3.71. The lowest BCUT2D eigenvalue weighted by Crippen LogP contribution is -2.28. The van der Waals surface area contributed by atoms with Crippen LogP contribution in [0.3, 0.4) is 0 Å². The second-order valence-electron chi connectivity index (χ2n) is 3.30. The normalized spacial score (nSPS) is 9.83. The summed E-state index contributed by atoms with van der Waals surface area (Å²) in [7, 11) is 0. The van der Waals surface area contributed by atoms with Gasteiger partial charge in [-0.3, -0.25) is 4.79 Å². The van der Waals surface area contributed by atoms with Crippen LogP contribution < -0.4 is 11.1 Å². The zero-order chi connectivity index (χ0) is 13.5. The molecule has 18 heavy (non-hydrogen) atoms. The molecule has 0 fully saturated rings. The van der Waals surface area contributed by atoms with Gasteiger partial charge in [0.05, 0.1) is 18.1 Å². The van der Waals surface area contributed by atoms with Crippen LogP contribution in [0.4, 0.5) is 8.78 Å². The summed E-state index contributed by atoms with van der Waals surface area (Å²) in [6, 6.07) is 4.39. The highest BCUT2D eigenvalue weighted by Crippen LogP contribution is 2.17. The Morgan fingerprint density at radius 2 is 2.22 bits per heavy atom. The summed E-state index contributed by atoms with van der Waals surface area (Å²) in [5.74, 6) is 4.76. The molecule has 1 aromatic rings. The first kappa shape index (κ1) is 14.4. The van der Waals surface area contributed by atoms with E-state index >= 15 is 0 Å². The second kappa shape index (κ2) is 6.94. The number of amides is 1. The van der Waals surface area contributed by atoms with Gasteiger partial charge in [-0.25, -0.2) is 8.78 Å². The first-order valence-corrected chi connectivity index (χ1v) is 5.47. The molecular weight excluding hydrogens is 262 g/mol. The van der Waals surface area contributed by atoms with Crippen molar-refractivity contribution in [3.05, 3.63) is 34.3 Å². The Morgan fingerprint density at radius 3 is 2.78 bits per heavy atom. The average Bonchev–Trinajstić information content (AvgIpc) is 2.34. The van der Waals surface area contributed by atoms with Crippen molar-refractivity contribution < 1.29 is 13.6 Å². The van der Waals surface area contributed by atoms with Crippen LogP contribution in [0, 0.1) is 11.8 Å². The van der Waals surface area contributed by atoms with Crippen molar-refractivity contribution in [3.63, 3.8) is 0 Å². The number of rotatable bonds is 3. The molecule has 0 radical (unpaired) electrons. The molecule has 3 nitrogen and oxygen atoms in total. The zero-order valence-electron chi connectivity index (χ0n) is 9.34. The van der Waals surface area contributed by atoms with E-state index in [1.165, 1.54) is 12.1 Å². The summed E-state index contributed by atoms with van der Waals surface area (Å²) in [6.07, 6.45) is -2.58. The van der Waals surface area contributed by atoms with E-state index in [-0.39, 0.29) is 17.1 Å². The predicted octanol–water partition coefficient (Wildman–Crippen LogP) is 1.65. The fraction of sp³-hybridized carbons (Fsp3) is 0.250. The zero-order valence-corrected chi connectivity index (χ0v) is 10.1. The van der Waals surface area contributed by atoms with Crippen molar-refractivity contribution in [1.82, 2.24) is 5.32 Å². The van der Waals surface area contributed by atoms with E-state index in [1.54, 1.807) is 6.07 Å². The Bertz CT molecular complexity index is 495. The van der Waals surface area contributed by atoms with E-state index in [2.05, 4.69) is 17.2 Å². The highest BCUT2D eigenvalue weighted by atomic mass is 35.5. The molecule has 0 saturated carbocycles. The van der Waals surface area contributed by atoms with Crippen LogP contribution in [0.25, 0.3) is 0 Å². The summed E-state index contributed by atoms with van der Waals surface area (Å²) in [4.78, 5) is 11.5. The van der Waals surface area contributed by atoms with Gasteiger partial charge in [-0.15, -0.1) is 0 Å². The third-order valence-corrected chi connectivity index (χ3v) is 2.29. The number of alkyl halides is 2. The van der Waals surface area contributed by atoms with Crippen molar-refractivity contribution in [1.29, 1.82) is 0 Å². The number of nitrogens with one attached hydrogen (secondary N) is 1. The van der Waals surface area contributed by atoms with Crippen LogP contribution in [0.15, 0.2) is 18.2 Å². The van der Waals surface area contributed by atoms with E-state index in [4.69, 9.17) is 17.3 Å². The number of carbonyl (C=O) groups excluding carboxylic acids is 1. The molecular formula is C12H11ClF2N2O. The molecule has 1 aromatic carbocycles. The van der Waals surface area contributed by atoms with Gasteiger partial charge >= 0.3 is 0 Å². The molecule has 3 N–H and O–H groups in total. The van der Waals surface area contributed by atoms with Gasteiger partial charge in [0.15, 0.2) is 0 Å². The predicted molar refractivity (Wildman–Crippen MR) is 65.7 cm³/mol.